The van der Waals surface area contributed by atoms with Crippen LogP contribution in [0.1, 0.15) is 44.4 Å². The highest BCUT2D eigenvalue weighted by molar-refractivity contribution is 5.09. The van der Waals surface area contributed by atoms with Gasteiger partial charge in [-0.15, -0.1) is 0 Å². The summed E-state index contributed by atoms with van der Waals surface area (Å²) in [5.74, 6) is 3.11. The molecule has 0 saturated carbocycles. The zero-order chi connectivity index (χ0) is 14.8. The van der Waals surface area contributed by atoms with Crippen LogP contribution in [0.15, 0.2) is 11.6 Å². The second-order valence-corrected chi connectivity index (χ2v) is 6.51. The Morgan fingerprint density at radius 1 is 1.43 bits per heavy atom. The summed E-state index contributed by atoms with van der Waals surface area (Å²) in [6.45, 7) is 10.4. The minimum absolute atomic E-state index is 0.00637. The van der Waals surface area contributed by atoms with Crippen LogP contribution in [0.2, 0.25) is 0 Å². The number of rotatable bonds is 3. The fraction of sp³-hybridized carbons (Fsp3) is 0.750. The van der Waals surface area contributed by atoms with E-state index in [2.05, 4.69) is 40.0 Å². The van der Waals surface area contributed by atoms with Crippen molar-refractivity contribution in [2.75, 3.05) is 26.2 Å². The van der Waals surface area contributed by atoms with Gasteiger partial charge in [-0.3, -0.25) is 10.00 Å². The van der Waals surface area contributed by atoms with E-state index < -0.39 is 0 Å². The quantitative estimate of drug-likeness (QED) is 0.869. The first-order chi connectivity index (χ1) is 10.1. The molecule has 0 bridgehead atoms. The van der Waals surface area contributed by atoms with Gasteiger partial charge >= 0.3 is 0 Å². The van der Waals surface area contributed by atoms with E-state index >= 15 is 0 Å². The second-order valence-electron chi connectivity index (χ2n) is 6.51. The Balaban J connectivity index is 1.63. The fourth-order valence-electron chi connectivity index (χ4n) is 3.51. The molecule has 1 aliphatic carbocycles. The van der Waals surface area contributed by atoms with Crippen LogP contribution in [0.25, 0.3) is 0 Å². The van der Waals surface area contributed by atoms with Crippen LogP contribution < -0.4 is 0 Å². The first-order valence-corrected chi connectivity index (χ1v) is 8.03. The van der Waals surface area contributed by atoms with Crippen LogP contribution in [0.5, 0.6) is 0 Å². The Bertz CT molecular complexity index is 510. The molecule has 116 valence electrons. The third-order valence-corrected chi connectivity index (χ3v) is 4.87. The highest BCUT2D eigenvalue weighted by Gasteiger charge is 2.29. The van der Waals surface area contributed by atoms with Crippen molar-refractivity contribution in [1.29, 1.82) is 0 Å². The van der Waals surface area contributed by atoms with E-state index in [1.54, 1.807) is 5.57 Å². The number of aromatic amines is 1. The maximum Gasteiger partial charge on any atom is 0.180 e. The Hall–Kier alpha value is -1.20. The third kappa shape index (κ3) is 3.35. The summed E-state index contributed by atoms with van der Waals surface area (Å²) in [7, 11) is 0. The third-order valence-electron chi connectivity index (χ3n) is 4.87. The van der Waals surface area contributed by atoms with Crippen LogP contribution in [-0.2, 0) is 4.74 Å². The van der Waals surface area contributed by atoms with Crippen molar-refractivity contribution in [2.45, 2.75) is 39.7 Å². The van der Waals surface area contributed by atoms with E-state index in [4.69, 9.17) is 4.74 Å². The molecule has 5 heteroatoms. The van der Waals surface area contributed by atoms with Gasteiger partial charge in [0.05, 0.1) is 6.61 Å². The smallest absolute Gasteiger partial charge is 0.180 e. The van der Waals surface area contributed by atoms with Crippen LogP contribution in [0.3, 0.4) is 0 Å². The van der Waals surface area contributed by atoms with E-state index in [0.29, 0.717) is 5.92 Å². The molecule has 0 unspecified atom stereocenters. The van der Waals surface area contributed by atoms with Crippen molar-refractivity contribution in [1.82, 2.24) is 20.1 Å². The molecule has 1 fully saturated rings. The number of morpholine rings is 1. The minimum Gasteiger partial charge on any atom is -0.367 e. The van der Waals surface area contributed by atoms with E-state index in [1.807, 2.05) is 6.92 Å². The predicted molar refractivity (Wildman–Crippen MR) is 81.9 cm³/mol. The number of aryl methyl sites for hydroxylation is 1. The molecule has 1 aromatic rings. The lowest BCUT2D eigenvalue weighted by Crippen LogP contribution is -2.42. The molecule has 1 aliphatic heterocycles. The lowest BCUT2D eigenvalue weighted by atomic mass is 9.79. The minimum atomic E-state index is 0.00637. The van der Waals surface area contributed by atoms with Gasteiger partial charge in [0, 0.05) is 19.6 Å². The molecule has 1 saturated heterocycles. The van der Waals surface area contributed by atoms with Gasteiger partial charge in [0.2, 0.25) is 0 Å². The normalized spacial score (nSPS) is 31.2. The lowest BCUT2D eigenvalue weighted by molar-refractivity contribution is -0.0394. The predicted octanol–water partition coefficient (Wildman–Crippen LogP) is 2.48. The summed E-state index contributed by atoms with van der Waals surface area (Å²) >= 11 is 0. The van der Waals surface area contributed by atoms with E-state index in [-0.39, 0.29) is 6.10 Å². The van der Waals surface area contributed by atoms with E-state index in [0.717, 1.165) is 43.8 Å². The Kier molecular flexibility index (Phi) is 4.40. The number of hydrogen-bond donors (Lipinski definition) is 1. The molecule has 0 radical (unpaired) electrons. The summed E-state index contributed by atoms with van der Waals surface area (Å²) in [4.78, 5) is 6.93. The molecule has 0 spiro atoms. The van der Waals surface area contributed by atoms with Gasteiger partial charge < -0.3 is 4.74 Å². The standard InChI is InChI=1S/C16H26N4O/c1-11-5-4-6-12(2)14(11)9-20-7-8-21-15(10-20)16-17-13(3)18-19-16/h5,12,14-15H,4,6-10H2,1-3H3,(H,17,18,19)/t12-,14-,15-/m0/s1. The lowest BCUT2D eigenvalue weighted by Gasteiger charge is -2.37. The van der Waals surface area contributed by atoms with Crippen molar-refractivity contribution >= 4 is 0 Å². The van der Waals surface area contributed by atoms with Crippen molar-refractivity contribution in [3.8, 4) is 0 Å². The van der Waals surface area contributed by atoms with Crippen LogP contribution in [-0.4, -0.2) is 46.3 Å². The molecule has 1 N–H and O–H groups in total. The summed E-state index contributed by atoms with van der Waals surface area (Å²) in [6, 6.07) is 0. The number of allylic oxidation sites excluding steroid dienone is 1. The van der Waals surface area contributed by atoms with Gasteiger partial charge in [-0.1, -0.05) is 18.6 Å². The molecule has 3 rings (SSSR count). The molecule has 3 atom stereocenters. The van der Waals surface area contributed by atoms with Gasteiger partial charge in [0.25, 0.3) is 0 Å². The molecule has 0 aromatic carbocycles. The van der Waals surface area contributed by atoms with Crippen molar-refractivity contribution in [3.05, 3.63) is 23.3 Å². The average molecular weight is 290 g/mol. The maximum absolute atomic E-state index is 5.85. The summed E-state index contributed by atoms with van der Waals surface area (Å²) in [5, 5.41) is 7.16. The summed E-state index contributed by atoms with van der Waals surface area (Å²) in [6.07, 6.45) is 4.98. The Morgan fingerprint density at radius 3 is 3.00 bits per heavy atom. The fourth-order valence-corrected chi connectivity index (χ4v) is 3.51. The highest BCUT2D eigenvalue weighted by Crippen LogP contribution is 2.31. The van der Waals surface area contributed by atoms with Crippen molar-refractivity contribution in [3.63, 3.8) is 0 Å². The first-order valence-electron chi connectivity index (χ1n) is 8.03. The number of ether oxygens (including phenoxy) is 1. The summed E-state index contributed by atoms with van der Waals surface area (Å²) < 4.78 is 5.85. The van der Waals surface area contributed by atoms with Gasteiger partial charge in [-0.05, 0) is 38.5 Å². The first kappa shape index (κ1) is 14.7. The maximum atomic E-state index is 5.85. The van der Waals surface area contributed by atoms with Gasteiger partial charge in [0.1, 0.15) is 11.9 Å². The SMILES string of the molecule is CC1=CCC[C@H](C)[C@H]1CN1CCO[C@H](c2n[nH]c(C)n2)C1. The van der Waals surface area contributed by atoms with Gasteiger partial charge in [0.15, 0.2) is 5.82 Å². The number of nitrogens with one attached hydrogen (secondary N) is 1. The number of nitrogens with zero attached hydrogens (tertiary/aromatic N) is 3. The topological polar surface area (TPSA) is 54.0 Å². The number of aromatic nitrogens is 3. The molecule has 2 aliphatic rings. The number of H-pyrrole nitrogens is 1. The highest BCUT2D eigenvalue weighted by atomic mass is 16.5. The van der Waals surface area contributed by atoms with Crippen molar-refractivity contribution < 1.29 is 4.74 Å². The zero-order valence-electron chi connectivity index (χ0n) is 13.3. The van der Waals surface area contributed by atoms with Crippen LogP contribution >= 0.6 is 0 Å². The zero-order valence-corrected chi connectivity index (χ0v) is 13.3. The molecule has 21 heavy (non-hydrogen) atoms. The monoisotopic (exact) mass is 290 g/mol. The molecule has 2 heterocycles. The Labute approximate surface area is 126 Å². The second kappa shape index (κ2) is 6.28. The van der Waals surface area contributed by atoms with E-state index in [9.17, 15) is 0 Å². The average Bonchev–Trinajstić information content (AvgIpc) is 2.90. The van der Waals surface area contributed by atoms with Gasteiger partial charge in [-0.2, -0.15) is 5.10 Å². The van der Waals surface area contributed by atoms with Crippen molar-refractivity contribution in [2.24, 2.45) is 11.8 Å². The molecule has 5 nitrogen and oxygen atoms in total. The van der Waals surface area contributed by atoms with Crippen LogP contribution in [0.4, 0.5) is 0 Å². The molecular weight excluding hydrogens is 264 g/mol. The number of hydrogen-bond acceptors (Lipinski definition) is 4. The van der Waals surface area contributed by atoms with E-state index in [1.165, 1.54) is 12.8 Å². The van der Waals surface area contributed by atoms with Crippen LogP contribution in [0, 0.1) is 18.8 Å². The molecular formula is C16H26N4O. The molecule has 1 aromatic heterocycles. The molecule has 0 amide bonds. The largest absolute Gasteiger partial charge is 0.367 e. The summed E-state index contributed by atoms with van der Waals surface area (Å²) in [5.41, 5.74) is 1.56. The van der Waals surface area contributed by atoms with Gasteiger partial charge in [-0.25, -0.2) is 4.98 Å². The Morgan fingerprint density at radius 2 is 2.29 bits per heavy atom.